The number of ether oxygens (including phenoxy) is 4. The number of fused-ring (bicyclic) bond motifs is 2. The van der Waals surface area contributed by atoms with Gasteiger partial charge in [0.05, 0.1) is 85.7 Å². The maximum absolute atomic E-state index is 15.6. The number of hydrogen-bond donors (Lipinski definition) is 4. The Morgan fingerprint density at radius 2 is 1.35 bits per heavy atom. The minimum absolute atomic E-state index is 0.0592. The minimum Gasteiger partial charge on any atom is -0.496 e. The standard InChI is InChI=1S/C54H61N7O15S2/c1-10-72-36-25-32(15-16-34(36)37(73-24-21-63)27-58-47-39(30(4)41(77-47)43-55-18-22-74-43)45(64)60(51(58)69)53(6,7)50(67)68)26-54(8,49(66)57-17-20-62)61-46(65)40-31(5)42(44-56-19-23-75-44)78-48(40)59(52(61)70)28-38(76-29(2)3)33-13-11-12-14-35(33)71-9/h11-16,18-19,22-23,25,29,37-38,62-63H,10,17,20-21,24,26-28H2,1-9H3,(H,57,66)(H,67,68). The second-order valence-electron chi connectivity index (χ2n) is 19.3. The predicted octanol–water partition coefficient (Wildman–Crippen LogP) is 5.90. The van der Waals surface area contributed by atoms with Crippen LogP contribution in [-0.2, 0) is 49.7 Å². The summed E-state index contributed by atoms with van der Waals surface area (Å²) in [5, 5.41) is 33.3. The molecule has 8 aromatic rings. The Hall–Kier alpha value is -7.48. The lowest BCUT2D eigenvalue weighted by Gasteiger charge is -2.32. The number of para-hydroxylation sites is 1. The summed E-state index contributed by atoms with van der Waals surface area (Å²) < 4.78 is 40.4. The first-order valence-electron chi connectivity index (χ1n) is 25.0. The van der Waals surface area contributed by atoms with Crippen LogP contribution in [0.5, 0.6) is 11.5 Å². The van der Waals surface area contributed by atoms with Crippen LogP contribution in [0.25, 0.3) is 42.0 Å². The first kappa shape index (κ1) is 56.7. The first-order chi connectivity index (χ1) is 37.2. The summed E-state index contributed by atoms with van der Waals surface area (Å²) in [6.07, 6.45) is 3.06. The molecule has 22 nitrogen and oxygen atoms in total. The van der Waals surface area contributed by atoms with Crippen molar-refractivity contribution in [3.63, 3.8) is 0 Å². The van der Waals surface area contributed by atoms with Crippen LogP contribution >= 0.6 is 22.7 Å². The van der Waals surface area contributed by atoms with E-state index >= 15 is 9.59 Å². The van der Waals surface area contributed by atoms with E-state index in [0.717, 1.165) is 27.2 Å². The average Bonchev–Trinajstić information content (AvgIpc) is 4.36. The summed E-state index contributed by atoms with van der Waals surface area (Å²) in [7, 11) is 1.52. The van der Waals surface area contributed by atoms with Crippen molar-refractivity contribution < 1.29 is 52.7 Å². The zero-order valence-corrected chi connectivity index (χ0v) is 46.1. The molecule has 78 heavy (non-hydrogen) atoms. The number of hydrogen-bond acceptors (Lipinski definition) is 18. The highest BCUT2D eigenvalue weighted by Crippen LogP contribution is 2.40. The smallest absolute Gasteiger partial charge is 0.333 e. The van der Waals surface area contributed by atoms with Crippen LogP contribution in [0.15, 0.2) is 95.4 Å². The number of nitrogens with one attached hydrogen (secondary N) is 1. The van der Waals surface area contributed by atoms with Gasteiger partial charge in [0.15, 0.2) is 0 Å². The lowest BCUT2D eigenvalue weighted by atomic mass is 9.89. The van der Waals surface area contributed by atoms with E-state index < -0.39 is 70.9 Å². The number of aryl methyl sites for hydroxylation is 2. The van der Waals surface area contributed by atoms with E-state index in [-0.39, 0.29) is 83.3 Å². The van der Waals surface area contributed by atoms with Crippen molar-refractivity contribution in [2.45, 2.75) is 104 Å². The number of aromatic nitrogens is 6. The highest BCUT2D eigenvalue weighted by molar-refractivity contribution is 7.22. The Kier molecular flexibility index (Phi) is 16.9. The van der Waals surface area contributed by atoms with Gasteiger partial charge in [-0.2, -0.15) is 0 Å². The number of oxazole rings is 2. The van der Waals surface area contributed by atoms with Crippen molar-refractivity contribution in [1.82, 2.24) is 33.6 Å². The molecule has 0 spiro atoms. The van der Waals surface area contributed by atoms with Crippen LogP contribution in [0.2, 0.25) is 0 Å². The van der Waals surface area contributed by atoms with Crippen LogP contribution in [-0.4, -0.2) is 102 Å². The van der Waals surface area contributed by atoms with Gasteiger partial charge in [-0.05, 0) is 84.2 Å². The van der Waals surface area contributed by atoms with Gasteiger partial charge in [0, 0.05) is 24.1 Å². The third-order valence-corrected chi connectivity index (χ3v) is 16.0. The molecule has 0 saturated heterocycles. The van der Waals surface area contributed by atoms with Gasteiger partial charge in [-0.15, -0.1) is 22.7 Å². The van der Waals surface area contributed by atoms with Gasteiger partial charge < -0.3 is 48.4 Å². The molecule has 414 valence electrons. The van der Waals surface area contributed by atoms with E-state index in [0.29, 0.717) is 47.9 Å². The third-order valence-electron chi connectivity index (χ3n) is 13.4. The molecule has 0 saturated carbocycles. The monoisotopic (exact) mass is 1110 g/mol. The molecule has 0 radical (unpaired) electrons. The van der Waals surface area contributed by atoms with Crippen molar-refractivity contribution in [3.05, 3.63) is 137 Å². The van der Waals surface area contributed by atoms with Gasteiger partial charge in [-0.3, -0.25) is 23.5 Å². The SMILES string of the molecule is CCOc1cc(CC(C)(C(=O)NCCO)n2c(=O)c3c(C)c(-c4ncco4)sc3n(CC(OC(C)C)c3ccccc3OC)c2=O)ccc1C(Cn1c(=O)n(C(C)(C)C(=O)O)c(=O)c2c(C)c(-c3ncco3)sc21)OCCO. The van der Waals surface area contributed by atoms with Gasteiger partial charge >= 0.3 is 17.3 Å². The number of aliphatic hydroxyl groups is 2. The van der Waals surface area contributed by atoms with Crippen molar-refractivity contribution in [2.24, 2.45) is 0 Å². The highest BCUT2D eigenvalue weighted by Gasteiger charge is 2.42. The topological polar surface area (TPSA) is 284 Å². The highest BCUT2D eigenvalue weighted by atomic mass is 32.1. The van der Waals surface area contributed by atoms with Crippen LogP contribution in [0, 0.1) is 13.8 Å². The van der Waals surface area contributed by atoms with E-state index in [1.54, 1.807) is 51.1 Å². The molecule has 8 rings (SSSR count). The summed E-state index contributed by atoms with van der Waals surface area (Å²) in [6, 6.07) is 12.1. The molecule has 0 fully saturated rings. The molecule has 6 heterocycles. The molecule has 0 aliphatic heterocycles. The van der Waals surface area contributed by atoms with Crippen LogP contribution < -0.4 is 37.3 Å². The maximum atomic E-state index is 15.6. The molecule has 6 aromatic heterocycles. The molecule has 3 unspecified atom stereocenters. The molecule has 24 heteroatoms. The Morgan fingerprint density at radius 1 is 0.782 bits per heavy atom. The van der Waals surface area contributed by atoms with E-state index in [1.165, 1.54) is 61.9 Å². The number of methoxy groups -OCH3 is 1. The summed E-state index contributed by atoms with van der Waals surface area (Å²) in [6.45, 7) is 11.0. The molecule has 2 aromatic carbocycles. The van der Waals surface area contributed by atoms with E-state index in [1.807, 2.05) is 26.0 Å². The molecule has 0 bridgehead atoms. The van der Waals surface area contributed by atoms with E-state index in [2.05, 4.69) is 15.3 Å². The fourth-order valence-electron chi connectivity index (χ4n) is 9.61. The van der Waals surface area contributed by atoms with Crippen LogP contribution in [0.4, 0.5) is 0 Å². The number of nitrogens with zero attached hydrogens (tertiary/aromatic N) is 6. The van der Waals surface area contributed by atoms with Crippen molar-refractivity contribution >= 4 is 55.0 Å². The Labute approximate surface area is 453 Å². The number of rotatable bonds is 24. The number of aliphatic hydroxyl groups excluding tert-OH is 2. The normalized spacial score (nSPS) is 13.5. The number of amides is 1. The maximum Gasteiger partial charge on any atom is 0.333 e. The summed E-state index contributed by atoms with van der Waals surface area (Å²) >= 11 is 2.18. The summed E-state index contributed by atoms with van der Waals surface area (Å²) in [5.41, 5.74) is -5.26. The third kappa shape index (κ3) is 10.5. The van der Waals surface area contributed by atoms with Gasteiger partial charge in [0.2, 0.25) is 17.7 Å². The van der Waals surface area contributed by atoms with Gasteiger partial charge in [-0.1, -0.05) is 30.3 Å². The van der Waals surface area contributed by atoms with E-state index in [9.17, 15) is 34.5 Å². The minimum atomic E-state index is -2.03. The molecule has 0 aliphatic rings. The molecule has 4 N–H and O–H groups in total. The second-order valence-corrected chi connectivity index (χ2v) is 21.3. The summed E-state index contributed by atoms with van der Waals surface area (Å²) in [5.74, 6) is -1.13. The van der Waals surface area contributed by atoms with Crippen LogP contribution in [0.1, 0.15) is 81.6 Å². The van der Waals surface area contributed by atoms with Gasteiger partial charge in [0.25, 0.3) is 11.1 Å². The number of carbonyl (C=O) groups is 2. The lowest BCUT2D eigenvalue weighted by Crippen LogP contribution is -2.58. The molecular weight excluding hydrogens is 1050 g/mol. The fourth-order valence-corrected chi connectivity index (χ4v) is 12.1. The number of aliphatic carboxylic acids is 1. The lowest BCUT2D eigenvalue weighted by molar-refractivity contribution is -0.146. The quantitative estimate of drug-likeness (QED) is 0.0548. The number of carboxylic acids is 1. The first-order valence-corrected chi connectivity index (χ1v) is 26.6. The molecule has 0 aliphatic carbocycles. The number of carboxylic acid groups (broad SMARTS) is 1. The Balaban J connectivity index is 1.31. The zero-order chi connectivity index (χ0) is 56.4. The Morgan fingerprint density at radius 3 is 1.87 bits per heavy atom. The molecular formula is C54H61N7O15S2. The number of carbonyl (C=O) groups excluding carboxylic acids is 1. The molecule has 3 atom stereocenters. The summed E-state index contributed by atoms with van der Waals surface area (Å²) in [4.78, 5) is 97.5. The van der Waals surface area contributed by atoms with Gasteiger partial charge in [0.1, 0.15) is 57.0 Å². The largest absolute Gasteiger partial charge is 0.496 e. The second kappa shape index (κ2) is 23.2. The van der Waals surface area contributed by atoms with Crippen LogP contribution in [0.3, 0.4) is 0 Å². The molecule has 1 amide bonds. The average molecular weight is 1110 g/mol. The number of thiophene rings is 2. The van der Waals surface area contributed by atoms with Crippen molar-refractivity contribution in [2.75, 3.05) is 40.1 Å². The Bertz CT molecular complexity index is 3740. The fraction of sp³-hybridized carbons (Fsp3) is 0.407. The van der Waals surface area contributed by atoms with E-state index in [4.69, 9.17) is 27.8 Å². The zero-order valence-electron chi connectivity index (χ0n) is 44.5. The van der Waals surface area contributed by atoms with Crippen molar-refractivity contribution in [3.8, 4) is 33.0 Å². The van der Waals surface area contributed by atoms with Crippen molar-refractivity contribution in [1.29, 1.82) is 0 Å². The number of benzene rings is 2. The predicted molar refractivity (Wildman–Crippen MR) is 291 cm³/mol. The van der Waals surface area contributed by atoms with Gasteiger partial charge in [-0.25, -0.2) is 33.5 Å².